The topological polar surface area (TPSA) is 83.0 Å². The predicted molar refractivity (Wildman–Crippen MR) is 119 cm³/mol. The molecule has 0 fully saturated rings. The summed E-state index contributed by atoms with van der Waals surface area (Å²) < 4.78 is 41.9. The minimum absolute atomic E-state index is 0.0738. The molecule has 3 heterocycles. The van der Waals surface area contributed by atoms with Gasteiger partial charge < -0.3 is 4.98 Å². The number of aromatic amines is 1. The molecular weight excluding hydrogens is 431 g/mol. The van der Waals surface area contributed by atoms with Crippen molar-refractivity contribution in [3.05, 3.63) is 71.3 Å². The van der Waals surface area contributed by atoms with Crippen LogP contribution in [0.25, 0.3) is 21.8 Å². The van der Waals surface area contributed by atoms with Crippen LogP contribution in [0.5, 0.6) is 0 Å². The van der Waals surface area contributed by atoms with Gasteiger partial charge in [-0.05, 0) is 36.5 Å². The van der Waals surface area contributed by atoms with E-state index in [0.29, 0.717) is 51.7 Å². The summed E-state index contributed by atoms with van der Waals surface area (Å²) in [7, 11) is 0. The molecule has 0 unspecified atom stereocenters. The van der Waals surface area contributed by atoms with Crippen LogP contribution in [0.1, 0.15) is 47.6 Å². The van der Waals surface area contributed by atoms with E-state index in [-0.39, 0.29) is 10.9 Å². The lowest BCUT2D eigenvalue weighted by Gasteiger charge is -2.32. The number of H-pyrrole nitrogens is 1. The number of nitrogens with one attached hydrogen (secondary N) is 2. The van der Waals surface area contributed by atoms with Crippen LogP contribution >= 0.6 is 0 Å². The van der Waals surface area contributed by atoms with E-state index in [1.807, 2.05) is 13.8 Å². The third-order valence-corrected chi connectivity index (χ3v) is 5.81. The maximum atomic E-state index is 14.0. The molecule has 5 rings (SSSR count). The van der Waals surface area contributed by atoms with Crippen LogP contribution in [0.2, 0.25) is 0 Å². The van der Waals surface area contributed by atoms with Gasteiger partial charge in [0.1, 0.15) is 0 Å². The van der Waals surface area contributed by atoms with E-state index in [2.05, 4.69) is 25.5 Å². The van der Waals surface area contributed by atoms with Crippen molar-refractivity contribution in [3.63, 3.8) is 0 Å². The molecule has 33 heavy (non-hydrogen) atoms. The van der Waals surface area contributed by atoms with Gasteiger partial charge in [-0.25, -0.2) is 10.4 Å². The minimum Gasteiger partial charge on any atom is -0.353 e. The number of pyridine rings is 2. The van der Waals surface area contributed by atoms with Gasteiger partial charge in [-0.15, -0.1) is 0 Å². The molecule has 6 nitrogen and oxygen atoms in total. The lowest BCUT2D eigenvalue weighted by molar-refractivity contribution is -0.140. The highest BCUT2D eigenvalue weighted by atomic mass is 19.4. The number of alkyl halides is 3. The number of amides is 1. The van der Waals surface area contributed by atoms with Crippen molar-refractivity contribution >= 4 is 33.4 Å². The fraction of sp³-hybridized carbons (Fsp3) is 0.250. The summed E-state index contributed by atoms with van der Waals surface area (Å²) in [5.74, 6) is -0.426. The van der Waals surface area contributed by atoms with Crippen LogP contribution in [-0.2, 0) is 12.6 Å². The van der Waals surface area contributed by atoms with Gasteiger partial charge >= 0.3 is 6.18 Å². The van der Waals surface area contributed by atoms with E-state index in [4.69, 9.17) is 0 Å². The Balaban J connectivity index is 1.75. The fourth-order valence-electron chi connectivity index (χ4n) is 4.45. The molecule has 1 aliphatic rings. The maximum Gasteiger partial charge on any atom is 0.435 e. The van der Waals surface area contributed by atoms with Crippen molar-refractivity contribution in [1.29, 1.82) is 0 Å². The minimum atomic E-state index is -4.62. The fourth-order valence-corrected chi connectivity index (χ4v) is 4.45. The smallest absolute Gasteiger partial charge is 0.353 e. The number of para-hydroxylation sites is 1. The van der Waals surface area contributed by atoms with Crippen LogP contribution < -0.4 is 5.43 Å². The second-order valence-corrected chi connectivity index (χ2v) is 8.95. The molecule has 0 bridgehead atoms. The zero-order valence-corrected chi connectivity index (χ0v) is 17.9. The van der Waals surface area contributed by atoms with Gasteiger partial charge in [0.15, 0.2) is 5.69 Å². The molecule has 0 aliphatic heterocycles. The monoisotopic (exact) mass is 451 g/mol. The molecule has 1 aromatic carbocycles. The molecule has 2 N–H and O–H groups in total. The Morgan fingerprint density at radius 2 is 1.85 bits per heavy atom. The molecule has 9 heteroatoms. The average Bonchev–Trinajstić information content (AvgIpc) is 3.15. The van der Waals surface area contributed by atoms with Crippen LogP contribution in [0.3, 0.4) is 0 Å². The Bertz CT molecular complexity index is 1420. The van der Waals surface area contributed by atoms with E-state index in [0.717, 1.165) is 0 Å². The summed E-state index contributed by atoms with van der Waals surface area (Å²) in [4.78, 5) is 23.4. The number of aromatic nitrogens is 3. The SMILES string of the molecule is CC1(C)C/C(=N/NC(=O)c2ccncc2)c2c(nc(C(F)(F)F)c3[nH]c4ccccc4c23)C1. The number of hydrogen-bond acceptors (Lipinski definition) is 4. The lowest BCUT2D eigenvalue weighted by Crippen LogP contribution is -2.31. The Morgan fingerprint density at radius 3 is 2.58 bits per heavy atom. The number of hydrogen-bond donors (Lipinski definition) is 2. The molecule has 0 atom stereocenters. The van der Waals surface area contributed by atoms with Crippen molar-refractivity contribution in [2.45, 2.75) is 32.9 Å². The third-order valence-electron chi connectivity index (χ3n) is 5.81. The standard InChI is InChI=1S/C24H20F3N5O/c1-23(2)11-16-19(17(12-23)31-32-22(33)13-7-9-28-10-8-13)18-14-5-3-4-6-15(14)29-20(18)21(30-16)24(25,26)27/h3-10,29H,11-12H2,1-2H3,(H,32,33)/b31-17-. The van der Waals surface area contributed by atoms with Crippen molar-refractivity contribution in [2.24, 2.45) is 10.5 Å². The Labute approximate surface area is 186 Å². The molecule has 4 aromatic rings. The van der Waals surface area contributed by atoms with E-state index in [1.165, 1.54) is 12.4 Å². The molecule has 3 aromatic heterocycles. The highest BCUT2D eigenvalue weighted by Gasteiger charge is 2.40. The number of halogens is 3. The molecule has 0 saturated carbocycles. The average molecular weight is 451 g/mol. The van der Waals surface area contributed by atoms with Crippen molar-refractivity contribution in [2.75, 3.05) is 0 Å². The summed E-state index contributed by atoms with van der Waals surface area (Å²) in [5.41, 5.74) is 3.49. The molecule has 0 radical (unpaired) electrons. The van der Waals surface area contributed by atoms with Crippen molar-refractivity contribution in [3.8, 4) is 0 Å². The molecular formula is C24H20F3N5O. The van der Waals surface area contributed by atoms with Crippen LogP contribution in [0.4, 0.5) is 13.2 Å². The van der Waals surface area contributed by atoms with Crippen LogP contribution in [0, 0.1) is 5.41 Å². The summed E-state index contributed by atoms with van der Waals surface area (Å²) in [6, 6.07) is 10.2. The lowest BCUT2D eigenvalue weighted by atomic mass is 9.74. The summed E-state index contributed by atoms with van der Waals surface area (Å²) in [6.07, 6.45) is -0.794. The molecule has 1 amide bonds. The Hall–Kier alpha value is -3.75. The zero-order chi connectivity index (χ0) is 23.4. The maximum absolute atomic E-state index is 14.0. The highest BCUT2D eigenvalue weighted by Crippen LogP contribution is 2.43. The van der Waals surface area contributed by atoms with Crippen molar-refractivity contribution < 1.29 is 18.0 Å². The summed E-state index contributed by atoms with van der Waals surface area (Å²) >= 11 is 0. The van der Waals surface area contributed by atoms with E-state index in [9.17, 15) is 18.0 Å². The molecule has 168 valence electrons. The first-order chi connectivity index (χ1) is 15.6. The third kappa shape index (κ3) is 3.73. The predicted octanol–water partition coefficient (Wildman–Crippen LogP) is 5.24. The number of hydrazone groups is 1. The molecule has 0 saturated heterocycles. The van der Waals surface area contributed by atoms with E-state index < -0.39 is 17.8 Å². The van der Waals surface area contributed by atoms with Crippen molar-refractivity contribution in [1.82, 2.24) is 20.4 Å². The number of fused-ring (bicyclic) bond motifs is 5. The second kappa shape index (κ2) is 7.40. The molecule has 1 aliphatic carbocycles. The van der Waals surface area contributed by atoms with Crippen LogP contribution in [0.15, 0.2) is 53.9 Å². The number of rotatable bonds is 2. The number of carbonyl (C=O) groups excluding carboxylic acids is 1. The van der Waals surface area contributed by atoms with Gasteiger partial charge in [0.2, 0.25) is 0 Å². The normalized spacial score (nSPS) is 16.8. The highest BCUT2D eigenvalue weighted by molar-refractivity contribution is 6.21. The largest absolute Gasteiger partial charge is 0.435 e. The first-order valence-corrected chi connectivity index (χ1v) is 10.4. The number of nitrogens with zero attached hydrogens (tertiary/aromatic N) is 3. The van der Waals surface area contributed by atoms with E-state index >= 15 is 0 Å². The second-order valence-electron chi connectivity index (χ2n) is 8.95. The summed E-state index contributed by atoms with van der Waals surface area (Å²) in [5, 5.41) is 5.47. The van der Waals surface area contributed by atoms with Gasteiger partial charge in [0.05, 0.1) is 16.9 Å². The summed E-state index contributed by atoms with van der Waals surface area (Å²) in [6.45, 7) is 3.90. The first kappa shape index (κ1) is 21.1. The van der Waals surface area contributed by atoms with Gasteiger partial charge in [-0.3, -0.25) is 9.78 Å². The Morgan fingerprint density at radius 1 is 1.12 bits per heavy atom. The quantitative estimate of drug-likeness (QED) is 0.409. The zero-order valence-electron chi connectivity index (χ0n) is 17.9. The van der Waals surface area contributed by atoms with Crippen LogP contribution in [-0.4, -0.2) is 26.6 Å². The number of benzene rings is 1. The van der Waals surface area contributed by atoms with E-state index in [1.54, 1.807) is 36.4 Å². The van der Waals surface area contributed by atoms with Gasteiger partial charge in [-0.1, -0.05) is 32.0 Å². The van der Waals surface area contributed by atoms with Gasteiger partial charge in [-0.2, -0.15) is 18.3 Å². The Kier molecular flexibility index (Phi) is 4.73. The van der Waals surface area contributed by atoms with Gasteiger partial charge in [0.25, 0.3) is 5.91 Å². The molecule has 0 spiro atoms. The first-order valence-electron chi connectivity index (χ1n) is 10.4. The number of carbonyl (C=O) groups is 1. The van der Waals surface area contributed by atoms with Gasteiger partial charge in [0, 0.05) is 39.8 Å².